The molecule has 104 valence electrons. The van der Waals surface area contributed by atoms with Crippen molar-refractivity contribution in [2.24, 2.45) is 0 Å². The van der Waals surface area contributed by atoms with Crippen LogP contribution in [0.1, 0.15) is 26.2 Å². The predicted molar refractivity (Wildman–Crippen MR) is 76.2 cm³/mol. The summed E-state index contributed by atoms with van der Waals surface area (Å²) in [5.41, 5.74) is -0.159. The van der Waals surface area contributed by atoms with E-state index >= 15 is 0 Å². The summed E-state index contributed by atoms with van der Waals surface area (Å²) >= 11 is 1.86. The Labute approximate surface area is 115 Å². The molecule has 1 fully saturated rings. The maximum atomic E-state index is 13.5. The number of nitrogens with one attached hydrogen (secondary N) is 1. The Kier molecular flexibility index (Phi) is 4.63. The molecule has 0 radical (unpaired) electrons. The van der Waals surface area contributed by atoms with Crippen molar-refractivity contribution in [1.82, 2.24) is 0 Å². The summed E-state index contributed by atoms with van der Waals surface area (Å²) in [6, 6.07) is 4.39. The number of thioether (sulfide) groups is 1. The number of halogens is 1. The second-order valence-electron chi connectivity index (χ2n) is 4.57. The first kappa shape index (κ1) is 14.1. The van der Waals surface area contributed by atoms with Gasteiger partial charge in [-0.05, 0) is 30.7 Å². The van der Waals surface area contributed by atoms with Crippen molar-refractivity contribution in [3.05, 3.63) is 34.1 Å². The second-order valence-corrected chi connectivity index (χ2v) is 6.08. The molecule has 0 amide bonds. The van der Waals surface area contributed by atoms with Gasteiger partial charge in [-0.1, -0.05) is 19.4 Å². The summed E-state index contributed by atoms with van der Waals surface area (Å²) in [7, 11) is 0. The molecular weight excluding hydrogens is 267 g/mol. The quantitative estimate of drug-likeness (QED) is 0.659. The molecule has 1 N–H and O–H groups in total. The van der Waals surface area contributed by atoms with Crippen molar-refractivity contribution >= 4 is 23.1 Å². The molecule has 1 saturated carbocycles. The molecule has 0 aromatic heterocycles. The smallest absolute Gasteiger partial charge is 0.327 e. The molecule has 2 unspecified atom stereocenters. The van der Waals surface area contributed by atoms with Crippen molar-refractivity contribution in [2.75, 3.05) is 11.1 Å². The maximum Gasteiger partial charge on any atom is 0.327 e. The van der Waals surface area contributed by atoms with Crippen LogP contribution in [0.15, 0.2) is 18.2 Å². The van der Waals surface area contributed by atoms with E-state index in [9.17, 15) is 14.5 Å². The molecule has 2 rings (SSSR count). The molecule has 0 bridgehead atoms. The minimum Gasteiger partial charge on any atom is -0.376 e. The van der Waals surface area contributed by atoms with E-state index in [0.29, 0.717) is 10.9 Å². The van der Waals surface area contributed by atoms with Crippen LogP contribution in [0, 0.1) is 15.9 Å². The Morgan fingerprint density at radius 2 is 2.32 bits per heavy atom. The summed E-state index contributed by atoms with van der Waals surface area (Å²) in [4.78, 5) is 10.3. The molecule has 19 heavy (non-hydrogen) atoms. The van der Waals surface area contributed by atoms with Crippen LogP contribution >= 0.6 is 11.8 Å². The highest BCUT2D eigenvalue weighted by molar-refractivity contribution is 7.99. The summed E-state index contributed by atoms with van der Waals surface area (Å²) in [5.74, 6) is 0.237. The van der Waals surface area contributed by atoms with Gasteiger partial charge in [-0.15, -0.1) is 0 Å². The molecule has 6 heteroatoms. The molecule has 0 saturated heterocycles. The number of anilines is 1. The molecule has 0 heterocycles. The third-order valence-corrected chi connectivity index (χ3v) is 4.67. The van der Waals surface area contributed by atoms with Gasteiger partial charge in [0.2, 0.25) is 5.82 Å². The Morgan fingerprint density at radius 1 is 1.53 bits per heavy atom. The minimum absolute atomic E-state index is 0.186. The number of nitro groups is 1. The topological polar surface area (TPSA) is 55.2 Å². The first-order valence-corrected chi connectivity index (χ1v) is 7.49. The lowest BCUT2D eigenvalue weighted by atomic mass is 10.2. The van der Waals surface area contributed by atoms with Crippen LogP contribution in [-0.4, -0.2) is 22.0 Å². The fourth-order valence-corrected chi connectivity index (χ4v) is 3.72. The summed E-state index contributed by atoms with van der Waals surface area (Å²) < 4.78 is 13.5. The van der Waals surface area contributed by atoms with Gasteiger partial charge in [0, 0.05) is 11.3 Å². The van der Waals surface area contributed by atoms with Crippen LogP contribution in [-0.2, 0) is 0 Å². The van der Waals surface area contributed by atoms with E-state index < -0.39 is 16.4 Å². The van der Waals surface area contributed by atoms with Crippen LogP contribution in [0.25, 0.3) is 0 Å². The Balaban J connectivity index is 2.19. The molecule has 1 aromatic carbocycles. The highest BCUT2D eigenvalue weighted by Crippen LogP contribution is 2.35. The zero-order valence-corrected chi connectivity index (χ0v) is 11.6. The van der Waals surface area contributed by atoms with Gasteiger partial charge in [0.15, 0.2) is 0 Å². The normalized spacial score (nSPS) is 22.4. The van der Waals surface area contributed by atoms with Crippen LogP contribution in [0.4, 0.5) is 15.8 Å². The maximum absolute atomic E-state index is 13.5. The first-order chi connectivity index (χ1) is 9.13. The van der Waals surface area contributed by atoms with Crippen molar-refractivity contribution in [3.8, 4) is 0 Å². The fraction of sp³-hybridized carbons (Fsp3) is 0.538. The van der Waals surface area contributed by atoms with Gasteiger partial charge in [0.25, 0.3) is 0 Å². The molecular formula is C13H17FN2O2S. The molecule has 1 aromatic rings. The monoisotopic (exact) mass is 284 g/mol. The molecule has 1 aliphatic rings. The van der Waals surface area contributed by atoms with E-state index in [4.69, 9.17) is 0 Å². The lowest BCUT2D eigenvalue weighted by molar-refractivity contribution is -0.386. The highest BCUT2D eigenvalue weighted by atomic mass is 32.2. The number of nitro benzene ring substituents is 1. The third-order valence-electron chi connectivity index (χ3n) is 3.34. The van der Waals surface area contributed by atoms with Gasteiger partial charge >= 0.3 is 5.69 Å². The van der Waals surface area contributed by atoms with E-state index in [1.54, 1.807) is 6.07 Å². The van der Waals surface area contributed by atoms with Crippen molar-refractivity contribution in [2.45, 2.75) is 37.5 Å². The first-order valence-electron chi connectivity index (χ1n) is 6.44. The fourth-order valence-electron chi connectivity index (χ4n) is 2.52. The highest BCUT2D eigenvalue weighted by Gasteiger charge is 2.29. The zero-order chi connectivity index (χ0) is 13.8. The van der Waals surface area contributed by atoms with E-state index in [0.717, 1.165) is 31.1 Å². The lowest BCUT2D eigenvalue weighted by Crippen LogP contribution is -2.26. The number of hydrogen-bond donors (Lipinski definition) is 1. The zero-order valence-electron chi connectivity index (χ0n) is 10.8. The van der Waals surface area contributed by atoms with Crippen LogP contribution < -0.4 is 5.32 Å². The third kappa shape index (κ3) is 3.18. The SMILES string of the molecule is CCSC1CCCC1Nc1cccc(F)c1[N+](=O)[O-]. The average Bonchev–Trinajstić information content (AvgIpc) is 2.77. The molecule has 2 atom stereocenters. The van der Waals surface area contributed by atoms with Gasteiger partial charge in [0.1, 0.15) is 5.69 Å². The van der Waals surface area contributed by atoms with Crippen molar-refractivity contribution < 1.29 is 9.31 Å². The van der Waals surface area contributed by atoms with Crippen molar-refractivity contribution in [3.63, 3.8) is 0 Å². The summed E-state index contributed by atoms with van der Waals surface area (Å²) in [5, 5.41) is 14.6. The number of rotatable bonds is 5. The van der Waals surface area contributed by atoms with Gasteiger partial charge in [-0.2, -0.15) is 16.2 Å². The van der Waals surface area contributed by atoms with Crippen LogP contribution in [0.5, 0.6) is 0 Å². The van der Waals surface area contributed by atoms with E-state index in [-0.39, 0.29) is 6.04 Å². The Bertz CT molecular complexity index is 470. The molecule has 0 spiro atoms. The lowest BCUT2D eigenvalue weighted by Gasteiger charge is -2.21. The van der Waals surface area contributed by atoms with Gasteiger partial charge in [-0.25, -0.2) is 0 Å². The molecule has 0 aliphatic heterocycles. The summed E-state index contributed by atoms with van der Waals surface area (Å²) in [6.07, 6.45) is 3.20. The Hall–Kier alpha value is -1.30. The number of benzene rings is 1. The number of hydrogen-bond acceptors (Lipinski definition) is 4. The predicted octanol–water partition coefficient (Wildman–Crippen LogP) is 3.82. The molecule has 1 aliphatic carbocycles. The second kappa shape index (κ2) is 6.23. The van der Waals surface area contributed by atoms with E-state index in [1.807, 2.05) is 11.8 Å². The van der Waals surface area contributed by atoms with Gasteiger partial charge in [0.05, 0.1) is 4.92 Å². The van der Waals surface area contributed by atoms with E-state index in [1.165, 1.54) is 6.07 Å². The number of nitrogens with zero attached hydrogens (tertiary/aromatic N) is 1. The minimum atomic E-state index is -0.785. The average molecular weight is 284 g/mol. The summed E-state index contributed by atoms with van der Waals surface area (Å²) in [6.45, 7) is 2.10. The van der Waals surface area contributed by atoms with Gasteiger partial charge < -0.3 is 5.32 Å². The van der Waals surface area contributed by atoms with Gasteiger partial charge in [-0.3, -0.25) is 10.1 Å². The van der Waals surface area contributed by atoms with Crippen molar-refractivity contribution in [1.29, 1.82) is 0 Å². The Morgan fingerprint density at radius 3 is 3.00 bits per heavy atom. The molecule has 4 nitrogen and oxygen atoms in total. The largest absolute Gasteiger partial charge is 0.376 e. The standard InChI is InChI=1S/C13H17FN2O2S/c1-2-19-12-8-4-6-10(12)15-11-7-3-5-9(14)13(11)16(17)18/h3,5,7,10,12,15H,2,4,6,8H2,1H3. The van der Waals surface area contributed by atoms with Crippen LogP contribution in [0.3, 0.4) is 0 Å². The van der Waals surface area contributed by atoms with E-state index in [2.05, 4.69) is 12.2 Å². The van der Waals surface area contributed by atoms with Crippen LogP contribution in [0.2, 0.25) is 0 Å². The number of para-hydroxylation sites is 1.